The van der Waals surface area contributed by atoms with Gasteiger partial charge >= 0.3 is 0 Å². The van der Waals surface area contributed by atoms with Gasteiger partial charge in [-0.05, 0) is 24.3 Å². The number of carbonyl (C=O) groups excluding carboxylic acids is 1. The number of rotatable bonds is 4. The number of amides is 1. The van der Waals surface area contributed by atoms with Gasteiger partial charge in [0.1, 0.15) is 6.10 Å². The van der Waals surface area contributed by atoms with Gasteiger partial charge in [-0.25, -0.2) is 9.97 Å². The summed E-state index contributed by atoms with van der Waals surface area (Å²) in [6.45, 7) is 1.19. The number of carbonyl (C=O) groups is 1. The van der Waals surface area contributed by atoms with Crippen LogP contribution in [-0.2, 0) is 0 Å². The third-order valence-corrected chi connectivity index (χ3v) is 4.12. The molecule has 6 nitrogen and oxygen atoms in total. The van der Waals surface area contributed by atoms with E-state index in [2.05, 4.69) is 9.97 Å². The highest BCUT2D eigenvalue weighted by Crippen LogP contribution is 2.25. The second-order valence-electron chi connectivity index (χ2n) is 5.87. The Morgan fingerprint density at radius 2 is 1.96 bits per heavy atom. The lowest BCUT2D eigenvalue weighted by Gasteiger charge is -2.19. The standard InChI is InChI=1S/C17H19ClN4O2/c1-21(2)15-16(20-9-8-19-15)24-14-7-10-22(11-14)17(23)12-3-5-13(18)6-4-12/h3-6,8-9,14H,7,10-11H2,1-2H3. The van der Waals surface area contributed by atoms with Crippen LogP contribution in [0.5, 0.6) is 5.88 Å². The van der Waals surface area contributed by atoms with E-state index >= 15 is 0 Å². The molecule has 0 spiro atoms. The van der Waals surface area contributed by atoms with Crippen molar-refractivity contribution in [2.45, 2.75) is 12.5 Å². The van der Waals surface area contributed by atoms with Crippen molar-refractivity contribution >= 4 is 23.3 Å². The number of hydrogen-bond donors (Lipinski definition) is 0. The summed E-state index contributed by atoms with van der Waals surface area (Å²) in [7, 11) is 3.78. The normalized spacial score (nSPS) is 17.0. The van der Waals surface area contributed by atoms with Crippen LogP contribution < -0.4 is 9.64 Å². The molecule has 1 saturated heterocycles. The van der Waals surface area contributed by atoms with Gasteiger partial charge in [0.05, 0.1) is 6.54 Å². The van der Waals surface area contributed by atoms with E-state index in [-0.39, 0.29) is 12.0 Å². The smallest absolute Gasteiger partial charge is 0.257 e. The summed E-state index contributed by atoms with van der Waals surface area (Å²) < 4.78 is 5.97. The van der Waals surface area contributed by atoms with Gasteiger partial charge in [0.15, 0.2) is 5.82 Å². The van der Waals surface area contributed by atoms with E-state index in [1.807, 2.05) is 19.0 Å². The fourth-order valence-electron chi connectivity index (χ4n) is 2.65. The van der Waals surface area contributed by atoms with Crippen molar-refractivity contribution in [2.24, 2.45) is 0 Å². The Morgan fingerprint density at radius 3 is 2.67 bits per heavy atom. The van der Waals surface area contributed by atoms with Gasteiger partial charge in [-0.1, -0.05) is 11.6 Å². The molecule has 2 heterocycles. The molecular weight excluding hydrogens is 328 g/mol. The summed E-state index contributed by atoms with van der Waals surface area (Å²) in [6, 6.07) is 6.93. The maximum Gasteiger partial charge on any atom is 0.257 e. The van der Waals surface area contributed by atoms with Crippen LogP contribution in [0.1, 0.15) is 16.8 Å². The van der Waals surface area contributed by atoms with Gasteiger partial charge < -0.3 is 14.5 Å². The van der Waals surface area contributed by atoms with Crippen molar-refractivity contribution in [1.82, 2.24) is 14.9 Å². The second-order valence-corrected chi connectivity index (χ2v) is 6.30. The van der Waals surface area contributed by atoms with Crippen molar-refractivity contribution < 1.29 is 9.53 Å². The number of halogens is 1. The maximum atomic E-state index is 12.5. The lowest BCUT2D eigenvalue weighted by atomic mass is 10.2. The predicted octanol–water partition coefficient (Wildman–Crippen LogP) is 2.49. The Hall–Kier alpha value is -2.34. The molecule has 3 rings (SSSR count). The van der Waals surface area contributed by atoms with Gasteiger partial charge in [-0.2, -0.15) is 0 Å². The zero-order chi connectivity index (χ0) is 17.1. The van der Waals surface area contributed by atoms with Crippen LogP contribution in [0, 0.1) is 0 Å². The second kappa shape index (κ2) is 7.05. The first kappa shape index (κ1) is 16.5. The van der Waals surface area contributed by atoms with E-state index in [9.17, 15) is 4.79 Å². The quantitative estimate of drug-likeness (QED) is 0.851. The first-order valence-electron chi connectivity index (χ1n) is 7.74. The van der Waals surface area contributed by atoms with E-state index in [1.165, 1.54) is 0 Å². The largest absolute Gasteiger partial charge is 0.470 e. The minimum absolute atomic E-state index is 0.00949. The van der Waals surface area contributed by atoms with Gasteiger partial charge in [0, 0.05) is 50.0 Å². The molecule has 24 heavy (non-hydrogen) atoms. The van der Waals surface area contributed by atoms with E-state index in [4.69, 9.17) is 16.3 Å². The minimum atomic E-state index is -0.0864. The summed E-state index contributed by atoms with van der Waals surface area (Å²) in [5.41, 5.74) is 0.633. The highest BCUT2D eigenvalue weighted by molar-refractivity contribution is 6.30. The molecule has 0 N–H and O–H groups in total. The number of nitrogens with zero attached hydrogens (tertiary/aromatic N) is 4. The van der Waals surface area contributed by atoms with Crippen molar-refractivity contribution in [3.05, 3.63) is 47.2 Å². The molecule has 126 valence electrons. The summed E-state index contributed by atoms with van der Waals surface area (Å²) in [5.74, 6) is 1.16. The third kappa shape index (κ3) is 3.59. The van der Waals surface area contributed by atoms with Crippen LogP contribution in [0.2, 0.25) is 5.02 Å². The summed E-state index contributed by atoms with van der Waals surface area (Å²) >= 11 is 5.87. The molecule has 1 amide bonds. The first-order valence-corrected chi connectivity index (χ1v) is 8.12. The van der Waals surface area contributed by atoms with Crippen LogP contribution in [0.3, 0.4) is 0 Å². The number of likely N-dealkylation sites (tertiary alicyclic amines) is 1. The Morgan fingerprint density at radius 1 is 1.25 bits per heavy atom. The summed E-state index contributed by atoms with van der Waals surface area (Å²) in [5, 5.41) is 0.619. The fraction of sp³-hybridized carbons (Fsp3) is 0.353. The summed E-state index contributed by atoms with van der Waals surface area (Å²) in [4.78, 5) is 24.7. The van der Waals surface area contributed by atoms with E-state index < -0.39 is 0 Å². The highest BCUT2D eigenvalue weighted by atomic mass is 35.5. The molecule has 1 aromatic carbocycles. The summed E-state index contributed by atoms with van der Waals surface area (Å²) in [6.07, 6.45) is 3.92. The zero-order valence-electron chi connectivity index (χ0n) is 13.6. The molecule has 0 aliphatic carbocycles. The molecule has 1 atom stereocenters. The number of benzene rings is 1. The lowest BCUT2D eigenvalue weighted by Crippen LogP contribution is -2.31. The van der Waals surface area contributed by atoms with Crippen LogP contribution in [0.25, 0.3) is 0 Å². The zero-order valence-corrected chi connectivity index (χ0v) is 14.4. The predicted molar refractivity (Wildman–Crippen MR) is 92.7 cm³/mol. The van der Waals surface area contributed by atoms with Gasteiger partial charge in [-0.3, -0.25) is 4.79 Å². The highest BCUT2D eigenvalue weighted by Gasteiger charge is 2.29. The van der Waals surface area contributed by atoms with E-state index in [0.717, 1.165) is 6.42 Å². The van der Waals surface area contributed by atoms with Crippen LogP contribution in [0.15, 0.2) is 36.7 Å². The average molecular weight is 347 g/mol. The number of aromatic nitrogens is 2. The molecule has 0 saturated carbocycles. The fourth-order valence-corrected chi connectivity index (χ4v) is 2.78. The molecular formula is C17H19ClN4O2. The lowest BCUT2D eigenvalue weighted by molar-refractivity contribution is 0.0771. The molecule has 2 aromatic rings. The van der Waals surface area contributed by atoms with E-state index in [1.54, 1.807) is 41.6 Å². The van der Waals surface area contributed by atoms with Gasteiger partial charge in [0.25, 0.3) is 11.8 Å². The van der Waals surface area contributed by atoms with Crippen molar-refractivity contribution in [2.75, 3.05) is 32.1 Å². The Bertz CT molecular complexity index is 721. The molecule has 0 bridgehead atoms. The minimum Gasteiger partial charge on any atom is -0.470 e. The Labute approximate surface area is 146 Å². The van der Waals surface area contributed by atoms with Gasteiger partial charge in [0.2, 0.25) is 0 Å². The third-order valence-electron chi connectivity index (χ3n) is 3.87. The molecule has 1 aromatic heterocycles. The molecule has 0 radical (unpaired) electrons. The average Bonchev–Trinajstić information content (AvgIpc) is 3.04. The number of anilines is 1. The first-order chi connectivity index (χ1) is 11.5. The van der Waals surface area contributed by atoms with Crippen molar-refractivity contribution in [3.63, 3.8) is 0 Å². The van der Waals surface area contributed by atoms with E-state index in [0.29, 0.717) is 35.4 Å². The SMILES string of the molecule is CN(C)c1nccnc1OC1CCN(C(=O)c2ccc(Cl)cc2)C1. The monoisotopic (exact) mass is 346 g/mol. The molecule has 1 aliphatic heterocycles. The van der Waals surface area contributed by atoms with Crippen molar-refractivity contribution in [1.29, 1.82) is 0 Å². The van der Waals surface area contributed by atoms with Crippen molar-refractivity contribution in [3.8, 4) is 5.88 Å². The molecule has 1 fully saturated rings. The Balaban J connectivity index is 1.65. The topological polar surface area (TPSA) is 58.6 Å². The van der Waals surface area contributed by atoms with Crippen LogP contribution in [0.4, 0.5) is 5.82 Å². The maximum absolute atomic E-state index is 12.5. The van der Waals surface area contributed by atoms with Crippen LogP contribution in [-0.4, -0.2) is 54.1 Å². The number of hydrogen-bond acceptors (Lipinski definition) is 5. The van der Waals surface area contributed by atoms with Crippen LogP contribution >= 0.6 is 11.6 Å². The molecule has 7 heteroatoms. The van der Waals surface area contributed by atoms with Gasteiger partial charge in [-0.15, -0.1) is 0 Å². The Kier molecular flexibility index (Phi) is 4.85. The molecule has 1 unspecified atom stereocenters. The molecule has 1 aliphatic rings. The number of ether oxygens (including phenoxy) is 1.